The molecule has 0 aromatic carbocycles. The molecule has 0 saturated heterocycles. The lowest BCUT2D eigenvalue weighted by molar-refractivity contribution is -0.137. The number of esters is 1. The minimum absolute atomic E-state index is 0.373. The molecule has 2 nitrogen and oxygen atoms in total. The van der Waals surface area contributed by atoms with E-state index in [4.69, 9.17) is 22.2 Å². The number of rotatable bonds is 5. The lowest BCUT2D eigenvalue weighted by Gasteiger charge is -2.00. The molecule has 0 bridgehead atoms. The van der Waals surface area contributed by atoms with Gasteiger partial charge in [-0.25, -0.2) is 4.79 Å². The van der Waals surface area contributed by atoms with E-state index < -0.39 is 13.4 Å². The summed E-state index contributed by atoms with van der Waals surface area (Å²) < 4.78 is 4.68. The summed E-state index contributed by atoms with van der Waals surface area (Å²) in [5.41, 5.74) is 0. The maximum absolute atomic E-state index is 10.5. The second kappa shape index (κ2) is 6.70. The van der Waals surface area contributed by atoms with Gasteiger partial charge in [0.15, 0.2) is 0 Å². The van der Waals surface area contributed by atoms with Crippen molar-refractivity contribution in [3.8, 4) is 0 Å². The van der Waals surface area contributed by atoms with E-state index in [0.29, 0.717) is 6.61 Å². The fourth-order valence-electron chi connectivity index (χ4n) is 0.437. The molecule has 0 amide bonds. The normalized spacial score (nSPS) is 9.73. The van der Waals surface area contributed by atoms with E-state index in [0.717, 1.165) is 18.5 Å². The predicted octanol–water partition coefficient (Wildman–Crippen LogP) is 2.07. The van der Waals surface area contributed by atoms with E-state index in [2.05, 4.69) is 11.3 Å². The van der Waals surface area contributed by atoms with Gasteiger partial charge in [-0.1, -0.05) is 6.58 Å². The first-order valence-electron chi connectivity index (χ1n) is 3.13. The zero-order valence-corrected chi connectivity index (χ0v) is 8.49. The maximum Gasteiger partial charge on any atom is 0.330 e. The van der Waals surface area contributed by atoms with Crippen molar-refractivity contribution in [1.82, 2.24) is 0 Å². The van der Waals surface area contributed by atoms with Crippen molar-refractivity contribution in [2.75, 3.05) is 6.61 Å². The van der Waals surface area contributed by atoms with Gasteiger partial charge in [-0.15, -0.1) is 22.2 Å². The van der Waals surface area contributed by atoms with Crippen molar-refractivity contribution in [2.24, 2.45) is 0 Å². The van der Waals surface area contributed by atoms with E-state index in [1.165, 1.54) is 0 Å². The summed E-state index contributed by atoms with van der Waals surface area (Å²) in [5.74, 6) is -0.400. The SMILES string of the molecule is C=CC(=O)OCCC[Si](Cl)Cl. The Kier molecular flexibility index (Phi) is 6.70. The topological polar surface area (TPSA) is 26.3 Å². The second-order valence-corrected chi connectivity index (χ2v) is 6.31. The van der Waals surface area contributed by atoms with Gasteiger partial charge in [0.25, 0.3) is 7.42 Å². The summed E-state index contributed by atoms with van der Waals surface area (Å²) in [5, 5.41) is 0. The van der Waals surface area contributed by atoms with Gasteiger partial charge in [0.2, 0.25) is 0 Å². The van der Waals surface area contributed by atoms with Crippen molar-refractivity contribution >= 4 is 35.5 Å². The molecule has 0 aliphatic carbocycles. The lowest BCUT2D eigenvalue weighted by Crippen LogP contribution is -2.03. The maximum atomic E-state index is 10.5. The Balaban J connectivity index is 3.14. The predicted molar refractivity (Wildman–Crippen MR) is 48.0 cm³/mol. The summed E-state index contributed by atoms with van der Waals surface area (Å²) in [6, 6.07) is 0.734. The third-order valence-corrected chi connectivity index (χ3v) is 2.79. The van der Waals surface area contributed by atoms with Crippen molar-refractivity contribution in [1.29, 1.82) is 0 Å². The third-order valence-electron chi connectivity index (χ3n) is 0.921. The third kappa shape index (κ3) is 7.91. The molecule has 0 spiro atoms. The Hall–Kier alpha value is 0.00688. The molecule has 0 atom stereocenters. The minimum atomic E-state index is -1.21. The molecule has 11 heavy (non-hydrogen) atoms. The number of hydrogen-bond acceptors (Lipinski definition) is 2. The summed E-state index contributed by atoms with van der Waals surface area (Å²) in [7, 11) is -1.21. The first kappa shape index (κ1) is 11.0. The Morgan fingerprint density at radius 3 is 2.73 bits per heavy atom. The van der Waals surface area contributed by atoms with Crippen LogP contribution in [0, 0.1) is 0 Å². The van der Waals surface area contributed by atoms with Gasteiger partial charge in [0.1, 0.15) is 0 Å². The number of hydrogen-bond donors (Lipinski definition) is 0. The summed E-state index contributed by atoms with van der Waals surface area (Å²) in [4.78, 5) is 10.5. The van der Waals surface area contributed by atoms with Crippen LogP contribution in [0.4, 0.5) is 0 Å². The van der Waals surface area contributed by atoms with Crippen LogP contribution < -0.4 is 0 Å². The highest BCUT2D eigenvalue weighted by molar-refractivity contribution is 7.33. The van der Waals surface area contributed by atoms with E-state index >= 15 is 0 Å². The molecular weight excluding hydrogens is 203 g/mol. The molecule has 0 aliphatic heterocycles. The Bertz CT molecular complexity index is 139. The van der Waals surface area contributed by atoms with Gasteiger partial charge >= 0.3 is 5.97 Å². The van der Waals surface area contributed by atoms with Crippen LogP contribution in [0.15, 0.2) is 12.7 Å². The van der Waals surface area contributed by atoms with Crippen LogP contribution in [0.25, 0.3) is 0 Å². The largest absolute Gasteiger partial charge is 0.463 e. The molecule has 0 aliphatic rings. The first-order chi connectivity index (χ1) is 5.16. The van der Waals surface area contributed by atoms with Crippen LogP contribution in [0.1, 0.15) is 6.42 Å². The highest BCUT2D eigenvalue weighted by atomic mass is 35.7. The lowest BCUT2D eigenvalue weighted by atomic mass is 10.5. The highest BCUT2D eigenvalue weighted by Gasteiger charge is 2.02. The Morgan fingerprint density at radius 2 is 2.27 bits per heavy atom. The van der Waals surface area contributed by atoms with E-state index in [1.807, 2.05) is 0 Å². The van der Waals surface area contributed by atoms with Gasteiger partial charge in [0, 0.05) is 6.08 Å². The average molecular weight is 212 g/mol. The fourth-order valence-corrected chi connectivity index (χ4v) is 1.65. The summed E-state index contributed by atoms with van der Waals surface area (Å²) >= 11 is 11.1. The van der Waals surface area contributed by atoms with Crippen LogP contribution in [-0.2, 0) is 9.53 Å². The molecule has 0 heterocycles. The van der Waals surface area contributed by atoms with Crippen LogP contribution in [0.2, 0.25) is 6.04 Å². The van der Waals surface area contributed by atoms with E-state index in [1.54, 1.807) is 0 Å². The molecule has 0 rings (SSSR count). The molecule has 1 radical (unpaired) electrons. The Labute approximate surface area is 77.1 Å². The quantitative estimate of drug-likeness (QED) is 0.229. The van der Waals surface area contributed by atoms with Crippen LogP contribution >= 0.6 is 22.2 Å². The van der Waals surface area contributed by atoms with Gasteiger partial charge in [-0.3, -0.25) is 0 Å². The zero-order chi connectivity index (χ0) is 8.69. The highest BCUT2D eigenvalue weighted by Crippen LogP contribution is 2.05. The molecule has 0 saturated carbocycles. The van der Waals surface area contributed by atoms with E-state index in [-0.39, 0.29) is 0 Å². The minimum Gasteiger partial charge on any atom is -0.463 e. The van der Waals surface area contributed by atoms with Gasteiger partial charge in [0.05, 0.1) is 6.61 Å². The van der Waals surface area contributed by atoms with Crippen molar-refractivity contribution in [3.63, 3.8) is 0 Å². The molecule has 63 valence electrons. The molecule has 0 fully saturated rings. The molecule has 0 N–H and O–H groups in total. The van der Waals surface area contributed by atoms with Crippen LogP contribution in [0.5, 0.6) is 0 Å². The molecule has 0 unspecified atom stereocenters. The number of carbonyl (C=O) groups is 1. The Morgan fingerprint density at radius 1 is 1.64 bits per heavy atom. The van der Waals surface area contributed by atoms with Gasteiger partial charge < -0.3 is 4.74 Å². The number of carbonyl (C=O) groups excluding carboxylic acids is 1. The van der Waals surface area contributed by atoms with Crippen molar-refractivity contribution in [2.45, 2.75) is 12.5 Å². The van der Waals surface area contributed by atoms with Gasteiger partial charge in [-0.2, -0.15) is 0 Å². The monoisotopic (exact) mass is 211 g/mol. The smallest absolute Gasteiger partial charge is 0.330 e. The molecular formula is C6H9Cl2O2Si. The van der Waals surface area contributed by atoms with Crippen LogP contribution in [-0.4, -0.2) is 20.0 Å². The molecule has 5 heteroatoms. The van der Waals surface area contributed by atoms with Crippen molar-refractivity contribution < 1.29 is 9.53 Å². The van der Waals surface area contributed by atoms with Crippen molar-refractivity contribution in [3.05, 3.63) is 12.7 Å². The molecule has 0 aromatic heterocycles. The number of halogens is 2. The number of ether oxygens (including phenoxy) is 1. The first-order valence-corrected chi connectivity index (χ1v) is 6.86. The molecule has 0 aromatic rings. The van der Waals surface area contributed by atoms with E-state index in [9.17, 15) is 4.79 Å². The second-order valence-electron chi connectivity index (χ2n) is 1.81. The fraction of sp³-hybridized carbons (Fsp3) is 0.500. The summed E-state index contributed by atoms with van der Waals surface area (Å²) in [6.07, 6.45) is 1.86. The zero-order valence-electron chi connectivity index (χ0n) is 5.98. The van der Waals surface area contributed by atoms with Gasteiger partial charge in [-0.05, 0) is 12.5 Å². The average Bonchev–Trinajstić information content (AvgIpc) is 1.97. The summed E-state index contributed by atoms with van der Waals surface area (Å²) in [6.45, 7) is 3.63. The van der Waals surface area contributed by atoms with Crippen LogP contribution in [0.3, 0.4) is 0 Å². The standard InChI is InChI=1S/C6H9Cl2O2Si/c1-2-6(9)10-4-3-5-11(7)8/h2H,1,3-5H2.